The van der Waals surface area contributed by atoms with Gasteiger partial charge < -0.3 is 10.2 Å². The molecule has 1 aliphatic rings. The van der Waals surface area contributed by atoms with E-state index in [9.17, 15) is 0 Å². The fourth-order valence-electron chi connectivity index (χ4n) is 2.29. The number of thioether (sulfide) groups is 1. The summed E-state index contributed by atoms with van der Waals surface area (Å²) in [6.07, 6.45) is 1.01. The third-order valence-electron chi connectivity index (χ3n) is 3.27. The third kappa shape index (κ3) is 5.59. The summed E-state index contributed by atoms with van der Waals surface area (Å²) in [6.45, 7) is 9.59. The first-order valence-electron chi connectivity index (χ1n) is 7.07. The standard InChI is InChI=1S/C14H24N4S2.HI/c1-5-12-17-11(9-19-12)8-16-13(15-4)18-6-7-20-14(2,3)10-18;/h9H,5-8,10H2,1-4H3,(H,15,16);1H. The first kappa shape index (κ1) is 19.0. The molecule has 1 fully saturated rings. The summed E-state index contributed by atoms with van der Waals surface area (Å²) in [5.41, 5.74) is 1.11. The molecule has 4 nitrogen and oxygen atoms in total. The van der Waals surface area contributed by atoms with Crippen molar-refractivity contribution in [2.24, 2.45) is 4.99 Å². The second kappa shape index (κ2) is 8.57. The van der Waals surface area contributed by atoms with Gasteiger partial charge in [0, 0.05) is 36.0 Å². The van der Waals surface area contributed by atoms with Crippen LogP contribution in [0.5, 0.6) is 0 Å². The van der Waals surface area contributed by atoms with E-state index in [0.717, 1.165) is 43.5 Å². The molecule has 0 atom stereocenters. The van der Waals surface area contributed by atoms with E-state index in [2.05, 4.69) is 46.3 Å². The maximum Gasteiger partial charge on any atom is 0.194 e. The second-order valence-electron chi connectivity index (χ2n) is 5.52. The molecule has 0 saturated carbocycles. The smallest absolute Gasteiger partial charge is 0.194 e. The summed E-state index contributed by atoms with van der Waals surface area (Å²) in [5, 5.41) is 6.78. The number of thiazole rings is 1. The van der Waals surface area contributed by atoms with Gasteiger partial charge in [-0.05, 0) is 20.3 Å². The van der Waals surface area contributed by atoms with Crippen molar-refractivity contribution in [3.8, 4) is 0 Å². The molecule has 0 unspecified atom stereocenters. The van der Waals surface area contributed by atoms with Crippen molar-refractivity contribution >= 4 is 53.0 Å². The molecule has 0 spiro atoms. The minimum Gasteiger partial charge on any atom is -0.351 e. The van der Waals surface area contributed by atoms with E-state index < -0.39 is 0 Å². The van der Waals surface area contributed by atoms with Gasteiger partial charge in [-0.2, -0.15) is 11.8 Å². The van der Waals surface area contributed by atoms with Crippen LogP contribution in [-0.2, 0) is 13.0 Å². The van der Waals surface area contributed by atoms with Crippen LogP contribution >= 0.6 is 47.1 Å². The molecule has 7 heteroatoms. The Bertz CT molecular complexity index is 473. The highest BCUT2D eigenvalue weighted by molar-refractivity contribution is 14.0. The van der Waals surface area contributed by atoms with Gasteiger partial charge in [0.25, 0.3) is 0 Å². The Morgan fingerprint density at radius 3 is 2.86 bits per heavy atom. The molecule has 0 radical (unpaired) electrons. The van der Waals surface area contributed by atoms with Crippen molar-refractivity contribution in [3.63, 3.8) is 0 Å². The quantitative estimate of drug-likeness (QED) is 0.445. The monoisotopic (exact) mass is 440 g/mol. The van der Waals surface area contributed by atoms with Gasteiger partial charge in [-0.25, -0.2) is 4.98 Å². The molecule has 0 aliphatic carbocycles. The fourth-order valence-corrected chi connectivity index (χ4v) is 4.15. The molecule has 21 heavy (non-hydrogen) atoms. The largest absolute Gasteiger partial charge is 0.351 e. The predicted molar refractivity (Wildman–Crippen MR) is 105 cm³/mol. The Morgan fingerprint density at radius 1 is 1.52 bits per heavy atom. The number of nitrogens with one attached hydrogen (secondary N) is 1. The van der Waals surface area contributed by atoms with Crippen molar-refractivity contribution in [3.05, 3.63) is 16.1 Å². The maximum atomic E-state index is 4.59. The number of aryl methyl sites for hydroxylation is 1. The van der Waals surface area contributed by atoms with Gasteiger partial charge in [0.05, 0.1) is 17.2 Å². The number of halogens is 1. The van der Waals surface area contributed by atoms with Gasteiger partial charge in [-0.3, -0.25) is 4.99 Å². The molecule has 120 valence electrons. The summed E-state index contributed by atoms with van der Waals surface area (Å²) in [6, 6.07) is 0. The van der Waals surface area contributed by atoms with E-state index in [4.69, 9.17) is 0 Å². The summed E-state index contributed by atoms with van der Waals surface area (Å²) in [5.74, 6) is 2.15. The molecule has 2 rings (SSSR count). The van der Waals surface area contributed by atoms with Gasteiger partial charge in [0.1, 0.15) is 0 Å². The molecule has 0 aromatic carbocycles. The van der Waals surface area contributed by atoms with Gasteiger partial charge in [0.15, 0.2) is 5.96 Å². The molecule has 1 aromatic heterocycles. The SMILES string of the molecule is CCc1nc(CNC(=NC)N2CCSC(C)(C)C2)cs1.I. The third-order valence-corrected chi connectivity index (χ3v) is 5.61. The number of hydrogen-bond donors (Lipinski definition) is 1. The van der Waals surface area contributed by atoms with E-state index in [1.165, 1.54) is 5.01 Å². The average Bonchev–Trinajstić information content (AvgIpc) is 2.86. The van der Waals surface area contributed by atoms with Crippen LogP contribution in [0.3, 0.4) is 0 Å². The molecule has 2 heterocycles. The number of guanidine groups is 1. The van der Waals surface area contributed by atoms with E-state index >= 15 is 0 Å². The van der Waals surface area contributed by atoms with Crippen molar-refractivity contribution in [2.45, 2.75) is 38.5 Å². The fraction of sp³-hybridized carbons (Fsp3) is 0.714. The lowest BCUT2D eigenvalue weighted by Crippen LogP contribution is -2.50. The normalized spacial score (nSPS) is 18.3. The van der Waals surface area contributed by atoms with Crippen LogP contribution < -0.4 is 5.32 Å². The molecule has 0 amide bonds. The lowest BCUT2D eigenvalue weighted by molar-refractivity contribution is 0.375. The van der Waals surface area contributed by atoms with E-state index in [0.29, 0.717) is 4.75 Å². The highest BCUT2D eigenvalue weighted by Crippen LogP contribution is 2.29. The van der Waals surface area contributed by atoms with Crippen LogP contribution in [0.1, 0.15) is 31.5 Å². The summed E-state index contributed by atoms with van der Waals surface area (Å²) < 4.78 is 0.298. The van der Waals surface area contributed by atoms with E-state index in [-0.39, 0.29) is 24.0 Å². The van der Waals surface area contributed by atoms with Gasteiger partial charge >= 0.3 is 0 Å². The van der Waals surface area contributed by atoms with Crippen LogP contribution in [0.25, 0.3) is 0 Å². The van der Waals surface area contributed by atoms with Crippen molar-refractivity contribution in [2.75, 3.05) is 25.9 Å². The molecular formula is C14H25IN4S2. The zero-order valence-electron chi connectivity index (χ0n) is 13.2. The molecule has 1 aromatic rings. The number of nitrogens with zero attached hydrogens (tertiary/aromatic N) is 3. The molecule has 0 bridgehead atoms. The van der Waals surface area contributed by atoms with Crippen LogP contribution in [0.15, 0.2) is 10.4 Å². The molecular weight excluding hydrogens is 415 g/mol. The highest BCUT2D eigenvalue weighted by Gasteiger charge is 2.28. The topological polar surface area (TPSA) is 40.5 Å². The van der Waals surface area contributed by atoms with Crippen LogP contribution in [0.4, 0.5) is 0 Å². The number of rotatable bonds is 3. The summed E-state index contributed by atoms with van der Waals surface area (Å²) in [7, 11) is 1.86. The van der Waals surface area contributed by atoms with E-state index in [1.807, 2.05) is 18.8 Å². The Kier molecular flexibility index (Phi) is 7.77. The lowest BCUT2D eigenvalue weighted by atomic mass is 10.2. The number of aromatic nitrogens is 1. The minimum atomic E-state index is 0. The predicted octanol–water partition coefficient (Wildman–Crippen LogP) is 3.23. The highest BCUT2D eigenvalue weighted by atomic mass is 127. The zero-order valence-corrected chi connectivity index (χ0v) is 17.1. The van der Waals surface area contributed by atoms with Gasteiger partial charge in [-0.1, -0.05) is 6.92 Å². The summed E-state index contributed by atoms with van der Waals surface area (Å²) >= 11 is 3.77. The minimum absolute atomic E-state index is 0. The van der Waals surface area contributed by atoms with Crippen molar-refractivity contribution < 1.29 is 0 Å². The molecule has 1 saturated heterocycles. The lowest BCUT2D eigenvalue weighted by Gasteiger charge is -2.39. The van der Waals surface area contributed by atoms with Crippen LogP contribution in [0, 0.1) is 0 Å². The Morgan fingerprint density at radius 2 is 2.29 bits per heavy atom. The van der Waals surface area contributed by atoms with Crippen LogP contribution in [-0.4, -0.2) is 46.5 Å². The molecule has 1 aliphatic heterocycles. The first-order valence-corrected chi connectivity index (χ1v) is 8.93. The van der Waals surface area contributed by atoms with Crippen molar-refractivity contribution in [1.82, 2.24) is 15.2 Å². The number of aliphatic imine (C=N–C) groups is 1. The zero-order chi connectivity index (χ0) is 14.6. The van der Waals surface area contributed by atoms with Gasteiger partial charge in [-0.15, -0.1) is 35.3 Å². The maximum absolute atomic E-state index is 4.59. The summed E-state index contributed by atoms with van der Waals surface area (Å²) in [4.78, 5) is 11.4. The van der Waals surface area contributed by atoms with Gasteiger partial charge in [0.2, 0.25) is 0 Å². The Hall–Kier alpha value is -0.0200. The molecule has 1 N–H and O–H groups in total. The van der Waals surface area contributed by atoms with E-state index in [1.54, 1.807) is 11.3 Å². The first-order chi connectivity index (χ1) is 9.54. The number of hydrogen-bond acceptors (Lipinski definition) is 4. The second-order valence-corrected chi connectivity index (χ2v) is 8.26. The van der Waals surface area contributed by atoms with Crippen LogP contribution in [0.2, 0.25) is 0 Å². The Balaban J connectivity index is 0.00000220. The van der Waals surface area contributed by atoms with Crippen molar-refractivity contribution in [1.29, 1.82) is 0 Å². The Labute approximate surface area is 153 Å². The average molecular weight is 440 g/mol.